The molecule has 5 aromatic rings. The molecular weight excluding hydrogens is 478 g/mol. The fraction of sp³-hybridized carbons (Fsp3) is 0.161. The number of anilines is 2. The van der Waals surface area contributed by atoms with Gasteiger partial charge in [0, 0.05) is 16.6 Å². The van der Waals surface area contributed by atoms with Gasteiger partial charge in [-0.15, -0.1) is 11.3 Å². The number of nitrogens with two attached hydrogens (primary N) is 1. The van der Waals surface area contributed by atoms with Crippen molar-refractivity contribution < 1.29 is 9.53 Å². The van der Waals surface area contributed by atoms with E-state index in [4.69, 9.17) is 15.5 Å². The Morgan fingerprint density at radius 3 is 2.11 bits per heavy atom. The predicted molar refractivity (Wildman–Crippen MR) is 155 cm³/mol. The van der Waals surface area contributed by atoms with Crippen molar-refractivity contribution in [2.24, 2.45) is 0 Å². The van der Waals surface area contributed by atoms with Crippen LogP contribution in [0.15, 0.2) is 66.7 Å². The van der Waals surface area contributed by atoms with Gasteiger partial charge in [0.15, 0.2) is 0 Å². The Hall–Kier alpha value is -4.16. The Morgan fingerprint density at radius 2 is 1.49 bits per heavy atom. The zero-order valence-electron chi connectivity index (χ0n) is 21.6. The number of pyridine rings is 1. The first-order valence-electron chi connectivity index (χ1n) is 12.1. The smallest absolute Gasteiger partial charge is 0.267 e. The van der Waals surface area contributed by atoms with E-state index in [1.165, 1.54) is 16.9 Å². The van der Waals surface area contributed by atoms with Crippen LogP contribution in [0, 0.1) is 27.7 Å². The average Bonchev–Trinajstić information content (AvgIpc) is 3.22. The topological polar surface area (TPSA) is 77.2 Å². The molecule has 0 radical (unpaired) electrons. The van der Waals surface area contributed by atoms with E-state index in [1.54, 1.807) is 7.11 Å². The molecule has 0 atom stereocenters. The van der Waals surface area contributed by atoms with Gasteiger partial charge in [-0.2, -0.15) is 0 Å². The SMILES string of the molecule is COc1ccc(-c2cc(-c3ccc(C)cc3)nc3sc(C(=O)Nc4c(C)cc(C)cc4C)c(N)c23)cc1. The zero-order valence-corrected chi connectivity index (χ0v) is 22.4. The molecule has 2 aromatic heterocycles. The minimum absolute atomic E-state index is 0.229. The molecule has 186 valence electrons. The Morgan fingerprint density at radius 1 is 0.865 bits per heavy atom. The van der Waals surface area contributed by atoms with Gasteiger partial charge in [0.2, 0.25) is 0 Å². The number of carbonyl (C=O) groups is 1. The first-order chi connectivity index (χ1) is 17.7. The van der Waals surface area contributed by atoms with Crippen LogP contribution in [0.2, 0.25) is 0 Å². The molecule has 0 saturated carbocycles. The van der Waals surface area contributed by atoms with Gasteiger partial charge < -0.3 is 15.8 Å². The van der Waals surface area contributed by atoms with E-state index in [0.29, 0.717) is 10.6 Å². The van der Waals surface area contributed by atoms with E-state index < -0.39 is 0 Å². The van der Waals surface area contributed by atoms with Crippen LogP contribution in [-0.2, 0) is 0 Å². The van der Waals surface area contributed by atoms with Gasteiger partial charge in [-0.3, -0.25) is 4.79 Å². The van der Waals surface area contributed by atoms with Crippen LogP contribution in [0.4, 0.5) is 11.4 Å². The number of aryl methyl sites for hydroxylation is 4. The molecule has 0 unspecified atom stereocenters. The van der Waals surface area contributed by atoms with E-state index in [-0.39, 0.29) is 5.91 Å². The maximum Gasteiger partial charge on any atom is 0.267 e. The van der Waals surface area contributed by atoms with E-state index >= 15 is 0 Å². The van der Waals surface area contributed by atoms with Crippen molar-refractivity contribution in [1.82, 2.24) is 4.98 Å². The molecule has 1 amide bonds. The Labute approximate surface area is 220 Å². The van der Waals surface area contributed by atoms with Crippen molar-refractivity contribution in [2.45, 2.75) is 27.7 Å². The number of benzene rings is 3. The summed E-state index contributed by atoms with van der Waals surface area (Å²) >= 11 is 1.32. The van der Waals surface area contributed by atoms with Gasteiger partial charge in [-0.05, 0) is 68.1 Å². The number of thiophene rings is 1. The summed E-state index contributed by atoms with van der Waals surface area (Å²) in [5.41, 5.74) is 16.1. The number of hydrogen-bond donors (Lipinski definition) is 2. The number of methoxy groups -OCH3 is 1. The second kappa shape index (κ2) is 9.71. The summed E-state index contributed by atoms with van der Waals surface area (Å²) in [7, 11) is 1.65. The third-order valence-corrected chi connectivity index (χ3v) is 7.67. The van der Waals surface area contributed by atoms with Crippen molar-refractivity contribution >= 4 is 38.8 Å². The molecule has 5 rings (SSSR count). The summed E-state index contributed by atoms with van der Waals surface area (Å²) in [5.74, 6) is 0.545. The van der Waals surface area contributed by atoms with E-state index in [9.17, 15) is 4.79 Å². The Kier molecular flexibility index (Phi) is 6.44. The Bertz CT molecular complexity index is 1610. The van der Waals surface area contributed by atoms with E-state index in [0.717, 1.165) is 60.7 Å². The minimum Gasteiger partial charge on any atom is -0.497 e. The molecule has 3 aromatic carbocycles. The molecule has 0 aliphatic rings. The summed E-state index contributed by atoms with van der Waals surface area (Å²) in [6.07, 6.45) is 0. The summed E-state index contributed by atoms with van der Waals surface area (Å²) in [6.45, 7) is 8.11. The third kappa shape index (κ3) is 4.68. The molecule has 6 heteroatoms. The maximum absolute atomic E-state index is 13.5. The second-order valence-corrected chi connectivity index (χ2v) is 10.4. The predicted octanol–water partition coefficient (Wildman–Crippen LogP) is 7.71. The van der Waals surface area contributed by atoms with Crippen LogP contribution < -0.4 is 15.8 Å². The van der Waals surface area contributed by atoms with Gasteiger partial charge in [0.25, 0.3) is 5.91 Å². The highest BCUT2D eigenvalue weighted by Crippen LogP contribution is 2.42. The molecule has 0 spiro atoms. The van der Waals surface area contributed by atoms with Crippen LogP contribution in [-0.4, -0.2) is 18.0 Å². The highest BCUT2D eigenvalue weighted by Gasteiger charge is 2.22. The molecule has 0 saturated heterocycles. The summed E-state index contributed by atoms with van der Waals surface area (Å²) < 4.78 is 5.35. The first kappa shape index (κ1) is 24.5. The average molecular weight is 508 g/mol. The standard InChI is InChI=1S/C31H29N3O2S/c1-17-6-8-22(9-7-17)25-16-24(21-10-12-23(36-5)13-11-21)26-27(32)29(37-31(26)33-25)30(35)34-28-19(3)14-18(2)15-20(28)4/h6-16H,32H2,1-5H3,(H,34,35). The molecule has 0 fully saturated rings. The van der Waals surface area contributed by atoms with Crippen molar-refractivity contribution in [3.8, 4) is 28.1 Å². The fourth-order valence-electron chi connectivity index (χ4n) is 4.71. The Balaban J connectivity index is 1.66. The van der Waals surface area contributed by atoms with Crippen LogP contribution >= 0.6 is 11.3 Å². The fourth-order valence-corrected chi connectivity index (χ4v) is 5.72. The molecule has 3 N–H and O–H groups in total. The molecule has 0 aliphatic heterocycles. The summed E-state index contributed by atoms with van der Waals surface area (Å²) in [6, 6.07) is 22.3. The highest BCUT2D eigenvalue weighted by molar-refractivity contribution is 7.21. The number of aromatic nitrogens is 1. The lowest BCUT2D eigenvalue weighted by Gasteiger charge is -2.12. The lowest BCUT2D eigenvalue weighted by molar-refractivity contribution is 0.103. The number of nitrogens with one attached hydrogen (secondary N) is 1. The molecular formula is C31H29N3O2S. The number of nitrogens with zero attached hydrogens (tertiary/aromatic N) is 1. The van der Waals surface area contributed by atoms with E-state index in [2.05, 4.69) is 48.6 Å². The van der Waals surface area contributed by atoms with Crippen LogP contribution in [0.1, 0.15) is 31.9 Å². The van der Waals surface area contributed by atoms with Gasteiger partial charge in [-0.25, -0.2) is 4.98 Å². The van der Waals surface area contributed by atoms with Gasteiger partial charge >= 0.3 is 0 Å². The number of amides is 1. The molecule has 0 bridgehead atoms. The molecule has 37 heavy (non-hydrogen) atoms. The second-order valence-electron chi connectivity index (χ2n) is 9.40. The van der Waals surface area contributed by atoms with Gasteiger partial charge in [0.1, 0.15) is 15.5 Å². The highest BCUT2D eigenvalue weighted by atomic mass is 32.1. The van der Waals surface area contributed by atoms with Gasteiger partial charge in [0.05, 0.1) is 18.5 Å². The summed E-state index contributed by atoms with van der Waals surface area (Å²) in [4.78, 5) is 19.6. The number of nitrogen functional groups attached to an aromatic ring is 1. The third-order valence-electron chi connectivity index (χ3n) is 6.57. The summed E-state index contributed by atoms with van der Waals surface area (Å²) in [5, 5.41) is 3.88. The minimum atomic E-state index is -0.229. The van der Waals surface area contributed by atoms with E-state index in [1.807, 2.05) is 51.1 Å². The van der Waals surface area contributed by atoms with Gasteiger partial charge in [-0.1, -0.05) is 59.7 Å². The van der Waals surface area contributed by atoms with Crippen LogP contribution in [0.5, 0.6) is 5.75 Å². The number of carbonyl (C=O) groups excluding carboxylic acids is 1. The molecule has 2 heterocycles. The lowest BCUT2D eigenvalue weighted by Crippen LogP contribution is -2.14. The van der Waals surface area contributed by atoms with Crippen molar-refractivity contribution in [1.29, 1.82) is 0 Å². The van der Waals surface area contributed by atoms with Crippen molar-refractivity contribution in [3.05, 3.63) is 93.9 Å². The molecule has 0 aliphatic carbocycles. The number of ether oxygens (including phenoxy) is 1. The number of hydrogen-bond acceptors (Lipinski definition) is 5. The van der Waals surface area contributed by atoms with Crippen LogP contribution in [0.25, 0.3) is 32.6 Å². The monoisotopic (exact) mass is 507 g/mol. The zero-order chi connectivity index (χ0) is 26.3. The lowest BCUT2D eigenvalue weighted by atomic mass is 9.99. The number of fused-ring (bicyclic) bond motifs is 1. The largest absolute Gasteiger partial charge is 0.497 e. The normalized spacial score (nSPS) is 11.1. The quantitative estimate of drug-likeness (QED) is 0.255. The number of rotatable bonds is 5. The first-order valence-corrected chi connectivity index (χ1v) is 12.9. The maximum atomic E-state index is 13.5. The van der Waals surface area contributed by atoms with Crippen molar-refractivity contribution in [2.75, 3.05) is 18.2 Å². The molecule has 5 nitrogen and oxygen atoms in total. The van der Waals surface area contributed by atoms with Crippen LogP contribution in [0.3, 0.4) is 0 Å². The van der Waals surface area contributed by atoms with Crippen molar-refractivity contribution in [3.63, 3.8) is 0 Å².